The van der Waals surface area contributed by atoms with Crippen molar-refractivity contribution in [2.75, 3.05) is 11.9 Å². The Morgan fingerprint density at radius 3 is 2.46 bits per heavy atom. The van der Waals surface area contributed by atoms with E-state index >= 15 is 0 Å². The first kappa shape index (κ1) is 20.2. The Labute approximate surface area is 170 Å². The zero-order valence-electron chi connectivity index (χ0n) is 16.9. The molecule has 146 valence electrons. The molecular formula is C23H25ClN2O2. The van der Waals surface area contributed by atoms with Crippen LogP contribution in [0.1, 0.15) is 48.2 Å². The molecule has 0 saturated carbocycles. The summed E-state index contributed by atoms with van der Waals surface area (Å²) in [6.07, 6.45) is 0. The number of aromatic nitrogens is 1. The van der Waals surface area contributed by atoms with Gasteiger partial charge in [-0.2, -0.15) is 0 Å². The summed E-state index contributed by atoms with van der Waals surface area (Å²) in [5.74, 6) is 0.111. The van der Waals surface area contributed by atoms with E-state index in [2.05, 4.69) is 13.8 Å². The summed E-state index contributed by atoms with van der Waals surface area (Å²) in [4.78, 5) is 27.1. The molecule has 0 radical (unpaired) electrons. The van der Waals surface area contributed by atoms with Gasteiger partial charge in [-0.05, 0) is 67.3 Å². The van der Waals surface area contributed by atoms with Crippen molar-refractivity contribution in [2.24, 2.45) is 0 Å². The Balaban J connectivity index is 2.13. The molecule has 0 N–H and O–H groups in total. The predicted octanol–water partition coefficient (Wildman–Crippen LogP) is 5.38. The van der Waals surface area contributed by atoms with Crippen LogP contribution >= 0.6 is 11.6 Å². The second-order valence-corrected chi connectivity index (χ2v) is 7.80. The molecule has 2 aromatic carbocycles. The van der Waals surface area contributed by atoms with E-state index in [1.54, 1.807) is 40.8 Å². The smallest absolute Gasteiger partial charge is 0.258 e. The summed E-state index contributed by atoms with van der Waals surface area (Å²) in [5.41, 5.74) is 4.14. The van der Waals surface area contributed by atoms with E-state index in [0.29, 0.717) is 17.1 Å². The summed E-state index contributed by atoms with van der Waals surface area (Å²) in [5, 5.41) is 1.61. The lowest BCUT2D eigenvalue weighted by Gasteiger charge is -2.21. The van der Waals surface area contributed by atoms with Crippen molar-refractivity contribution >= 4 is 34.1 Å². The molecule has 0 unspecified atom stereocenters. The maximum atomic E-state index is 13.0. The Morgan fingerprint density at radius 1 is 1.14 bits per heavy atom. The molecule has 3 aromatic rings. The average molecular weight is 397 g/mol. The number of nitrogens with zero attached hydrogens (tertiary/aromatic N) is 2. The van der Waals surface area contributed by atoms with Crippen LogP contribution in [-0.2, 0) is 6.54 Å². The van der Waals surface area contributed by atoms with E-state index in [0.717, 1.165) is 27.7 Å². The number of rotatable bonds is 4. The normalized spacial score (nSPS) is 11.2. The third-order valence-corrected chi connectivity index (χ3v) is 5.41. The van der Waals surface area contributed by atoms with Crippen LogP contribution in [0.5, 0.6) is 0 Å². The van der Waals surface area contributed by atoms with Gasteiger partial charge in [0.05, 0.1) is 5.52 Å². The molecule has 0 saturated heterocycles. The van der Waals surface area contributed by atoms with Crippen molar-refractivity contribution in [3.05, 3.63) is 74.5 Å². The molecule has 0 spiro atoms. The summed E-state index contributed by atoms with van der Waals surface area (Å²) in [6.45, 7) is 8.59. The van der Waals surface area contributed by atoms with Crippen molar-refractivity contribution in [2.45, 2.75) is 40.2 Å². The first-order chi connectivity index (χ1) is 13.2. The van der Waals surface area contributed by atoms with Gasteiger partial charge in [-0.1, -0.05) is 25.4 Å². The third-order valence-electron chi connectivity index (χ3n) is 5.18. The first-order valence-electron chi connectivity index (χ1n) is 9.46. The van der Waals surface area contributed by atoms with Crippen molar-refractivity contribution < 1.29 is 4.79 Å². The van der Waals surface area contributed by atoms with Crippen molar-refractivity contribution in [1.29, 1.82) is 0 Å². The summed E-state index contributed by atoms with van der Waals surface area (Å²) in [7, 11) is 1.77. The van der Waals surface area contributed by atoms with Crippen LogP contribution in [0.2, 0.25) is 5.02 Å². The standard InChI is InChI=1S/C23H25ClN2O2/c1-6-26-21-10-8-17(12-20(21)19(14(2)3)13-22(26)27)25(5)23(28)18-9-7-16(24)11-15(18)4/h7-14H,6H2,1-5H3. The molecule has 0 aliphatic carbocycles. The fraction of sp³-hybridized carbons (Fsp3) is 0.304. The van der Waals surface area contributed by atoms with Gasteiger partial charge in [-0.25, -0.2) is 0 Å². The van der Waals surface area contributed by atoms with Crippen LogP contribution in [0.15, 0.2) is 47.3 Å². The van der Waals surface area contributed by atoms with Crippen molar-refractivity contribution in [1.82, 2.24) is 4.57 Å². The van der Waals surface area contributed by atoms with Gasteiger partial charge in [0.1, 0.15) is 0 Å². The number of anilines is 1. The number of hydrogen-bond donors (Lipinski definition) is 0. The van der Waals surface area contributed by atoms with Gasteiger partial charge in [-0.15, -0.1) is 0 Å². The SMILES string of the molecule is CCn1c(=O)cc(C(C)C)c2cc(N(C)C(=O)c3ccc(Cl)cc3C)ccc21. The molecule has 3 rings (SSSR count). The molecule has 1 heterocycles. The number of amides is 1. The van der Waals surface area contributed by atoms with Gasteiger partial charge in [-0.3, -0.25) is 9.59 Å². The molecule has 0 aliphatic heterocycles. The van der Waals surface area contributed by atoms with Gasteiger partial charge in [0.25, 0.3) is 11.5 Å². The second kappa shape index (κ2) is 7.80. The van der Waals surface area contributed by atoms with E-state index in [1.807, 2.05) is 32.0 Å². The van der Waals surface area contributed by atoms with Crippen molar-refractivity contribution in [3.63, 3.8) is 0 Å². The Kier molecular flexibility index (Phi) is 5.61. The maximum Gasteiger partial charge on any atom is 0.258 e. The molecule has 5 heteroatoms. The Morgan fingerprint density at radius 2 is 1.86 bits per heavy atom. The number of pyridine rings is 1. The quantitative estimate of drug-likeness (QED) is 0.593. The first-order valence-corrected chi connectivity index (χ1v) is 9.84. The number of hydrogen-bond acceptors (Lipinski definition) is 2. The lowest BCUT2D eigenvalue weighted by Crippen LogP contribution is -2.27. The number of carbonyl (C=O) groups is 1. The van der Waals surface area contributed by atoms with Gasteiger partial charge in [0.15, 0.2) is 0 Å². The van der Waals surface area contributed by atoms with E-state index in [9.17, 15) is 9.59 Å². The van der Waals surface area contributed by atoms with Crippen LogP contribution in [0.25, 0.3) is 10.9 Å². The zero-order chi connectivity index (χ0) is 20.6. The monoisotopic (exact) mass is 396 g/mol. The summed E-state index contributed by atoms with van der Waals surface area (Å²) in [6, 6.07) is 12.8. The van der Waals surface area contributed by atoms with E-state index in [4.69, 9.17) is 11.6 Å². The Hall–Kier alpha value is -2.59. The highest BCUT2D eigenvalue weighted by Crippen LogP contribution is 2.29. The minimum absolute atomic E-state index is 0.00710. The molecule has 1 amide bonds. The summed E-state index contributed by atoms with van der Waals surface area (Å²) < 4.78 is 1.76. The third kappa shape index (κ3) is 3.57. The number of benzene rings is 2. The fourth-order valence-electron chi connectivity index (χ4n) is 3.58. The number of halogens is 1. The van der Waals surface area contributed by atoms with Crippen LogP contribution in [0.3, 0.4) is 0 Å². The minimum atomic E-state index is -0.0940. The highest BCUT2D eigenvalue weighted by atomic mass is 35.5. The largest absolute Gasteiger partial charge is 0.311 e. The predicted molar refractivity (Wildman–Crippen MR) is 117 cm³/mol. The number of carbonyl (C=O) groups excluding carboxylic acids is 1. The fourth-order valence-corrected chi connectivity index (χ4v) is 3.80. The molecule has 0 aliphatic rings. The highest BCUT2D eigenvalue weighted by Gasteiger charge is 2.18. The highest BCUT2D eigenvalue weighted by molar-refractivity contribution is 6.30. The average Bonchev–Trinajstić information content (AvgIpc) is 2.65. The number of aryl methyl sites for hydroxylation is 2. The van der Waals surface area contributed by atoms with Gasteiger partial charge in [0.2, 0.25) is 0 Å². The maximum absolute atomic E-state index is 13.0. The zero-order valence-corrected chi connectivity index (χ0v) is 17.7. The van der Waals surface area contributed by atoms with Gasteiger partial charge >= 0.3 is 0 Å². The number of fused-ring (bicyclic) bond motifs is 1. The van der Waals surface area contributed by atoms with Gasteiger partial charge < -0.3 is 9.47 Å². The topological polar surface area (TPSA) is 42.3 Å². The Bertz CT molecular complexity index is 1120. The molecule has 0 fully saturated rings. The van der Waals surface area contributed by atoms with E-state index in [-0.39, 0.29) is 17.4 Å². The molecule has 1 aromatic heterocycles. The van der Waals surface area contributed by atoms with Gasteiger partial charge in [0, 0.05) is 41.3 Å². The second-order valence-electron chi connectivity index (χ2n) is 7.36. The minimum Gasteiger partial charge on any atom is -0.311 e. The van der Waals surface area contributed by atoms with Crippen LogP contribution in [0.4, 0.5) is 5.69 Å². The van der Waals surface area contributed by atoms with Crippen molar-refractivity contribution in [3.8, 4) is 0 Å². The van der Waals surface area contributed by atoms with Crippen LogP contribution in [-0.4, -0.2) is 17.5 Å². The lowest BCUT2D eigenvalue weighted by molar-refractivity contribution is 0.0992. The van der Waals surface area contributed by atoms with Crippen LogP contribution < -0.4 is 10.5 Å². The van der Waals surface area contributed by atoms with E-state index < -0.39 is 0 Å². The summed E-state index contributed by atoms with van der Waals surface area (Å²) >= 11 is 6.02. The molecule has 4 nitrogen and oxygen atoms in total. The molecule has 0 bridgehead atoms. The lowest BCUT2D eigenvalue weighted by atomic mass is 9.98. The molecule has 0 atom stereocenters. The molecular weight excluding hydrogens is 372 g/mol. The molecule has 28 heavy (non-hydrogen) atoms. The van der Waals surface area contributed by atoms with E-state index in [1.165, 1.54) is 0 Å². The van der Waals surface area contributed by atoms with Crippen LogP contribution in [0, 0.1) is 6.92 Å².